The first-order valence-corrected chi connectivity index (χ1v) is 6.29. The molecule has 1 rings (SSSR count). The smallest absolute Gasteiger partial charge is 0.404 e. The van der Waals surface area contributed by atoms with Gasteiger partial charge in [0.1, 0.15) is 11.4 Å². The number of ether oxygens (including phenoxy) is 1. The van der Waals surface area contributed by atoms with E-state index in [2.05, 4.69) is 0 Å². The van der Waals surface area contributed by atoms with Gasteiger partial charge in [-0.1, -0.05) is 19.1 Å². The number of rotatable bonds is 4. The molecule has 1 nitrogen and oxygen atoms in total. The molecule has 0 aliphatic heterocycles. The van der Waals surface area contributed by atoms with Crippen LogP contribution in [-0.4, -0.2) is 18.0 Å². The average molecular weight is 314 g/mol. The van der Waals surface area contributed by atoms with Crippen LogP contribution in [0.5, 0.6) is 5.75 Å². The fraction of sp³-hybridized carbons (Fsp3) is 0.571. The molecule has 0 atom stereocenters. The van der Waals surface area contributed by atoms with E-state index in [-0.39, 0.29) is 5.75 Å². The van der Waals surface area contributed by atoms with Crippen LogP contribution in [0.2, 0.25) is 0 Å². The molecule has 0 aliphatic rings. The summed E-state index contributed by atoms with van der Waals surface area (Å²) in [6.45, 7) is 5.40. The first-order valence-electron chi connectivity index (χ1n) is 6.29. The average Bonchev–Trinajstić information content (AvgIpc) is 2.27. The number of hydrogen-bond donors (Lipinski definition) is 0. The maximum Gasteiger partial charge on any atom is 0.404 e. The molecular formula is C14H16F6O. The lowest BCUT2D eigenvalue weighted by Gasteiger charge is -2.26. The molecule has 0 heterocycles. The molecule has 0 aliphatic carbocycles. The van der Waals surface area contributed by atoms with Crippen molar-refractivity contribution in [3.63, 3.8) is 0 Å². The van der Waals surface area contributed by atoms with Crippen molar-refractivity contribution in [3.8, 4) is 5.75 Å². The Kier molecular flexibility index (Phi) is 4.85. The van der Waals surface area contributed by atoms with Crippen LogP contribution in [0.3, 0.4) is 0 Å². The largest absolute Gasteiger partial charge is 0.488 e. The Labute approximate surface area is 118 Å². The summed E-state index contributed by atoms with van der Waals surface area (Å²) >= 11 is 0. The molecule has 0 bridgehead atoms. The summed E-state index contributed by atoms with van der Waals surface area (Å²) in [7, 11) is 0. The predicted octanol–water partition coefficient (Wildman–Crippen LogP) is 5.46. The van der Waals surface area contributed by atoms with Crippen molar-refractivity contribution in [2.45, 2.75) is 51.1 Å². The zero-order chi connectivity index (χ0) is 16.5. The highest BCUT2D eigenvalue weighted by Gasteiger charge is 2.57. The standard InChI is InChI=1S/C14H16F6O/c1-4-12(2,3)21-10-7-5-9(6-8-10)11(13(15,16)17)14(18,19)20/h5-8,11H,4H2,1-3H3. The fourth-order valence-corrected chi connectivity index (χ4v) is 1.68. The first-order chi connectivity index (χ1) is 9.37. The molecule has 0 N–H and O–H groups in total. The van der Waals surface area contributed by atoms with Crippen molar-refractivity contribution >= 4 is 0 Å². The third-order valence-electron chi connectivity index (χ3n) is 3.11. The van der Waals surface area contributed by atoms with Crippen molar-refractivity contribution < 1.29 is 31.1 Å². The molecule has 0 saturated heterocycles. The Hall–Kier alpha value is -1.40. The van der Waals surface area contributed by atoms with Gasteiger partial charge in [0, 0.05) is 0 Å². The van der Waals surface area contributed by atoms with Crippen LogP contribution in [0.25, 0.3) is 0 Å². The fourth-order valence-electron chi connectivity index (χ4n) is 1.68. The van der Waals surface area contributed by atoms with E-state index < -0.39 is 29.4 Å². The SMILES string of the molecule is CCC(C)(C)Oc1ccc(C(C(F)(F)F)C(F)(F)F)cc1. The number of halogens is 6. The summed E-state index contributed by atoms with van der Waals surface area (Å²) in [6.07, 6.45) is -10.1. The second-order valence-electron chi connectivity index (χ2n) is 5.30. The Morgan fingerprint density at radius 2 is 1.33 bits per heavy atom. The Balaban J connectivity index is 3.05. The molecule has 0 unspecified atom stereocenters. The minimum atomic E-state index is -5.39. The molecule has 1 aromatic rings. The van der Waals surface area contributed by atoms with Gasteiger partial charge >= 0.3 is 12.4 Å². The molecule has 120 valence electrons. The summed E-state index contributed by atoms with van der Waals surface area (Å²) < 4.78 is 81.0. The molecule has 0 saturated carbocycles. The summed E-state index contributed by atoms with van der Waals surface area (Å²) in [5.41, 5.74) is -1.40. The summed E-state index contributed by atoms with van der Waals surface area (Å²) in [5, 5.41) is 0. The molecular weight excluding hydrogens is 298 g/mol. The summed E-state index contributed by atoms with van der Waals surface area (Å²) in [6, 6.07) is 3.84. The quantitative estimate of drug-likeness (QED) is 0.670. The van der Waals surface area contributed by atoms with Gasteiger partial charge in [-0.15, -0.1) is 0 Å². The third kappa shape index (κ3) is 4.82. The Morgan fingerprint density at radius 1 is 0.905 bits per heavy atom. The van der Waals surface area contributed by atoms with E-state index in [1.165, 1.54) is 0 Å². The van der Waals surface area contributed by atoms with E-state index in [9.17, 15) is 26.3 Å². The van der Waals surface area contributed by atoms with E-state index >= 15 is 0 Å². The van der Waals surface area contributed by atoms with Crippen molar-refractivity contribution in [1.82, 2.24) is 0 Å². The highest BCUT2D eigenvalue weighted by Crippen LogP contribution is 2.46. The Bertz CT molecular complexity index is 444. The van der Waals surface area contributed by atoms with Gasteiger partial charge < -0.3 is 4.74 Å². The van der Waals surface area contributed by atoms with Crippen LogP contribution in [0, 0.1) is 0 Å². The van der Waals surface area contributed by atoms with Crippen LogP contribution in [0.4, 0.5) is 26.3 Å². The van der Waals surface area contributed by atoms with E-state index in [4.69, 9.17) is 4.74 Å². The van der Waals surface area contributed by atoms with Gasteiger partial charge in [0.05, 0.1) is 0 Å². The van der Waals surface area contributed by atoms with E-state index in [1.807, 2.05) is 6.92 Å². The maximum atomic E-state index is 12.6. The summed E-state index contributed by atoms with van der Waals surface area (Å²) in [4.78, 5) is 0. The van der Waals surface area contributed by atoms with E-state index in [0.29, 0.717) is 6.42 Å². The first kappa shape index (κ1) is 17.7. The molecule has 0 aromatic heterocycles. The third-order valence-corrected chi connectivity index (χ3v) is 3.11. The van der Waals surface area contributed by atoms with Crippen molar-refractivity contribution in [2.75, 3.05) is 0 Å². The lowest BCUT2D eigenvalue weighted by molar-refractivity contribution is -0.253. The lowest BCUT2D eigenvalue weighted by Crippen LogP contribution is -2.34. The van der Waals surface area contributed by atoms with Crippen molar-refractivity contribution in [2.24, 2.45) is 0 Å². The zero-order valence-corrected chi connectivity index (χ0v) is 11.8. The molecule has 21 heavy (non-hydrogen) atoms. The van der Waals surface area contributed by atoms with Gasteiger partial charge in [-0.2, -0.15) is 26.3 Å². The monoisotopic (exact) mass is 314 g/mol. The predicted molar refractivity (Wildman–Crippen MR) is 66.3 cm³/mol. The van der Waals surface area contributed by atoms with E-state index in [1.54, 1.807) is 13.8 Å². The van der Waals surface area contributed by atoms with E-state index in [0.717, 1.165) is 24.3 Å². The van der Waals surface area contributed by atoms with Gasteiger partial charge in [-0.25, -0.2) is 0 Å². The minimum absolute atomic E-state index is 0.230. The van der Waals surface area contributed by atoms with Crippen LogP contribution in [0.1, 0.15) is 38.7 Å². The number of alkyl halides is 6. The molecule has 0 amide bonds. The molecule has 0 radical (unpaired) electrons. The van der Waals surface area contributed by atoms with Crippen molar-refractivity contribution in [1.29, 1.82) is 0 Å². The highest BCUT2D eigenvalue weighted by atomic mass is 19.4. The van der Waals surface area contributed by atoms with Crippen LogP contribution < -0.4 is 4.74 Å². The van der Waals surface area contributed by atoms with Crippen LogP contribution in [0.15, 0.2) is 24.3 Å². The Morgan fingerprint density at radius 3 is 1.67 bits per heavy atom. The topological polar surface area (TPSA) is 9.23 Å². The van der Waals surface area contributed by atoms with Gasteiger partial charge in [-0.05, 0) is 38.0 Å². The summed E-state index contributed by atoms with van der Waals surface area (Å²) in [5.74, 6) is -3.26. The van der Waals surface area contributed by atoms with Gasteiger partial charge in [0.2, 0.25) is 0 Å². The molecule has 0 fully saturated rings. The second-order valence-corrected chi connectivity index (χ2v) is 5.30. The number of benzene rings is 1. The van der Waals surface area contributed by atoms with Gasteiger partial charge in [0.15, 0.2) is 5.92 Å². The normalized spacial score (nSPS) is 13.6. The zero-order valence-electron chi connectivity index (χ0n) is 11.8. The lowest BCUT2D eigenvalue weighted by atomic mass is 9.98. The molecule has 1 aromatic carbocycles. The molecule has 0 spiro atoms. The number of hydrogen-bond acceptors (Lipinski definition) is 1. The maximum absolute atomic E-state index is 12.6. The molecule has 7 heteroatoms. The van der Waals surface area contributed by atoms with Crippen molar-refractivity contribution in [3.05, 3.63) is 29.8 Å². The van der Waals surface area contributed by atoms with Gasteiger partial charge in [-0.3, -0.25) is 0 Å². The van der Waals surface area contributed by atoms with Gasteiger partial charge in [0.25, 0.3) is 0 Å². The minimum Gasteiger partial charge on any atom is -0.488 e. The highest BCUT2D eigenvalue weighted by molar-refractivity contribution is 5.31. The second kappa shape index (κ2) is 5.77. The van der Waals surface area contributed by atoms with Crippen LogP contribution in [-0.2, 0) is 0 Å². The van der Waals surface area contributed by atoms with Crippen LogP contribution >= 0.6 is 0 Å².